The maximum atomic E-state index is 14.1. The summed E-state index contributed by atoms with van der Waals surface area (Å²) in [7, 11) is 1.78. The van der Waals surface area contributed by atoms with E-state index in [0.29, 0.717) is 6.04 Å². The fourth-order valence-corrected chi connectivity index (χ4v) is 6.32. The van der Waals surface area contributed by atoms with Crippen molar-refractivity contribution >= 4 is 22.7 Å². The van der Waals surface area contributed by atoms with Crippen LogP contribution in [-0.2, 0) is 9.59 Å². The molecule has 178 valence electrons. The number of carbonyl (C=O) groups is 2. The van der Waals surface area contributed by atoms with Crippen LogP contribution in [0.4, 0.5) is 0 Å². The number of fused-ring (bicyclic) bond motifs is 2. The van der Waals surface area contributed by atoms with Crippen molar-refractivity contribution < 1.29 is 9.59 Å². The first kappa shape index (κ1) is 22.4. The number of carbonyl (C=O) groups excluding carboxylic acids is 2. The van der Waals surface area contributed by atoms with Crippen molar-refractivity contribution in [1.82, 2.24) is 25.8 Å². The number of likely N-dealkylation sites (tertiary alicyclic amines) is 1. The zero-order valence-corrected chi connectivity index (χ0v) is 19.8. The van der Waals surface area contributed by atoms with E-state index < -0.39 is 6.04 Å². The maximum absolute atomic E-state index is 14.1. The highest BCUT2D eigenvalue weighted by molar-refractivity contribution is 5.90. The Balaban J connectivity index is 1.42. The number of amides is 2. The second-order valence-corrected chi connectivity index (χ2v) is 10.1. The summed E-state index contributed by atoms with van der Waals surface area (Å²) < 4.78 is 0. The molecular formula is C26H37N5O2. The number of hydrogen-bond donors (Lipinski definition) is 4. The van der Waals surface area contributed by atoms with Crippen LogP contribution >= 0.6 is 0 Å². The average molecular weight is 452 g/mol. The maximum Gasteiger partial charge on any atom is 0.245 e. The second kappa shape index (κ2) is 9.47. The second-order valence-electron chi connectivity index (χ2n) is 10.1. The molecule has 7 heteroatoms. The number of para-hydroxylation sites is 1. The molecule has 2 aromatic rings. The van der Waals surface area contributed by atoms with E-state index in [2.05, 4.69) is 50.2 Å². The molecule has 1 aliphatic carbocycles. The van der Waals surface area contributed by atoms with Crippen molar-refractivity contribution in [3.8, 4) is 0 Å². The summed E-state index contributed by atoms with van der Waals surface area (Å²) in [6, 6.07) is 8.09. The minimum absolute atomic E-state index is 0.0881. The standard InChI is InChI=1S/C26H37N5O2/c1-16(27-2)25(32)30-23(17-8-4-3-5-9-17)26(33)31-13-12-22-24(31)20(15-29-22)19-14-28-21-11-7-6-10-18(19)21/h6-7,10-11,14,16-17,20,22-24,27-29H,3-5,8-9,12-13,15H2,1-2H3,(H,30,32)/t16-,20+,22+,23?,24+/m0/s1. The first-order valence-electron chi connectivity index (χ1n) is 12.7. The van der Waals surface area contributed by atoms with Crippen molar-refractivity contribution in [2.75, 3.05) is 20.1 Å². The average Bonchev–Trinajstić information content (AvgIpc) is 3.57. The third kappa shape index (κ3) is 4.17. The van der Waals surface area contributed by atoms with Crippen LogP contribution in [0.15, 0.2) is 30.5 Å². The molecule has 0 spiro atoms. The highest BCUT2D eigenvalue weighted by Gasteiger charge is 2.49. The van der Waals surface area contributed by atoms with Gasteiger partial charge in [0.2, 0.25) is 11.8 Å². The van der Waals surface area contributed by atoms with E-state index in [1.54, 1.807) is 7.05 Å². The fourth-order valence-electron chi connectivity index (χ4n) is 6.32. The summed E-state index contributed by atoms with van der Waals surface area (Å²) in [4.78, 5) is 32.4. The van der Waals surface area contributed by atoms with Crippen LogP contribution in [0, 0.1) is 5.92 Å². The molecule has 0 radical (unpaired) electrons. The van der Waals surface area contributed by atoms with Crippen LogP contribution < -0.4 is 16.0 Å². The number of aromatic nitrogens is 1. The van der Waals surface area contributed by atoms with Crippen LogP contribution in [0.25, 0.3) is 10.9 Å². The van der Waals surface area contributed by atoms with Gasteiger partial charge in [-0.1, -0.05) is 37.5 Å². The van der Waals surface area contributed by atoms with Gasteiger partial charge >= 0.3 is 0 Å². The molecule has 1 aromatic heterocycles. The number of H-pyrrole nitrogens is 1. The van der Waals surface area contributed by atoms with Gasteiger partial charge in [0.15, 0.2) is 0 Å². The topological polar surface area (TPSA) is 89.3 Å². The number of nitrogens with one attached hydrogen (secondary N) is 4. The Kier molecular flexibility index (Phi) is 6.43. The molecular weight excluding hydrogens is 414 g/mol. The molecule has 33 heavy (non-hydrogen) atoms. The molecule has 2 aliphatic heterocycles. The van der Waals surface area contributed by atoms with Crippen molar-refractivity contribution in [1.29, 1.82) is 0 Å². The van der Waals surface area contributed by atoms with Gasteiger partial charge in [-0.05, 0) is 50.8 Å². The molecule has 1 unspecified atom stereocenters. The summed E-state index contributed by atoms with van der Waals surface area (Å²) in [6.45, 7) is 3.47. The zero-order chi connectivity index (χ0) is 22.9. The first-order chi connectivity index (χ1) is 16.1. The van der Waals surface area contributed by atoms with Crippen LogP contribution in [0.5, 0.6) is 0 Å². The molecule has 1 saturated carbocycles. The lowest BCUT2D eigenvalue weighted by Gasteiger charge is -2.36. The number of aromatic amines is 1. The van der Waals surface area contributed by atoms with E-state index >= 15 is 0 Å². The quantitative estimate of drug-likeness (QED) is 0.543. The van der Waals surface area contributed by atoms with Gasteiger partial charge in [0.05, 0.1) is 12.1 Å². The molecule has 3 aliphatic rings. The Bertz CT molecular complexity index is 997. The minimum Gasteiger partial charge on any atom is -0.361 e. The number of rotatable bonds is 6. The predicted octanol–water partition coefficient (Wildman–Crippen LogP) is 2.50. The summed E-state index contributed by atoms with van der Waals surface area (Å²) in [5.41, 5.74) is 2.42. The van der Waals surface area contributed by atoms with Gasteiger partial charge in [0.1, 0.15) is 6.04 Å². The predicted molar refractivity (Wildman–Crippen MR) is 130 cm³/mol. The fraction of sp³-hybridized carbons (Fsp3) is 0.615. The number of nitrogens with zero attached hydrogens (tertiary/aromatic N) is 1. The van der Waals surface area contributed by atoms with Crippen molar-refractivity contribution in [3.05, 3.63) is 36.0 Å². The van der Waals surface area contributed by atoms with Crippen LogP contribution in [0.1, 0.15) is 56.9 Å². The third-order valence-corrected chi connectivity index (χ3v) is 8.28. The van der Waals surface area contributed by atoms with Crippen molar-refractivity contribution in [2.24, 2.45) is 5.92 Å². The molecule has 3 fully saturated rings. The molecule has 1 aromatic carbocycles. The lowest BCUT2D eigenvalue weighted by atomic mass is 9.82. The lowest BCUT2D eigenvalue weighted by molar-refractivity contribution is -0.139. The molecule has 4 N–H and O–H groups in total. The molecule has 5 rings (SSSR count). The van der Waals surface area contributed by atoms with Crippen LogP contribution in [0.3, 0.4) is 0 Å². The Hall–Kier alpha value is -2.38. The monoisotopic (exact) mass is 451 g/mol. The van der Waals surface area contributed by atoms with E-state index in [-0.39, 0.29) is 35.7 Å². The Labute approximate surface area is 196 Å². The summed E-state index contributed by atoms with van der Waals surface area (Å²) in [6.07, 6.45) is 8.60. The van der Waals surface area contributed by atoms with Crippen molar-refractivity contribution in [2.45, 2.75) is 75.5 Å². The van der Waals surface area contributed by atoms with Gasteiger partial charge in [-0.15, -0.1) is 0 Å². The molecule has 3 heterocycles. The van der Waals surface area contributed by atoms with Gasteiger partial charge in [0.25, 0.3) is 0 Å². The highest BCUT2D eigenvalue weighted by atomic mass is 16.2. The first-order valence-corrected chi connectivity index (χ1v) is 12.7. The zero-order valence-electron chi connectivity index (χ0n) is 19.8. The molecule has 5 atom stereocenters. The van der Waals surface area contributed by atoms with E-state index in [0.717, 1.165) is 50.7 Å². The van der Waals surface area contributed by atoms with Gasteiger partial charge in [0, 0.05) is 42.1 Å². The van der Waals surface area contributed by atoms with Crippen LogP contribution in [0.2, 0.25) is 0 Å². The van der Waals surface area contributed by atoms with Gasteiger partial charge < -0.3 is 25.8 Å². The Morgan fingerprint density at radius 2 is 1.91 bits per heavy atom. The number of benzene rings is 1. The number of hydrogen-bond acceptors (Lipinski definition) is 4. The Morgan fingerprint density at radius 3 is 2.70 bits per heavy atom. The molecule has 7 nitrogen and oxygen atoms in total. The largest absolute Gasteiger partial charge is 0.361 e. The minimum atomic E-state index is -0.434. The van der Waals surface area contributed by atoms with E-state index in [1.165, 1.54) is 17.4 Å². The lowest BCUT2D eigenvalue weighted by Crippen LogP contribution is -2.57. The van der Waals surface area contributed by atoms with Gasteiger partial charge in [-0.3, -0.25) is 9.59 Å². The van der Waals surface area contributed by atoms with Gasteiger partial charge in [-0.2, -0.15) is 0 Å². The highest BCUT2D eigenvalue weighted by Crippen LogP contribution is 2.39. The van der Waals surface area contributed by atoms with E-state index in [1.807, 2.05) is 13.0 Å². The molecule has 0 bridgehead atoms. The normalized spacial score (nSPS) is 27.5. The summed E-state index contributed by atoms with van der Waals surface area (Å²) in [5.74, 6) is 0.491. The van der Waals surface area contributed by atoms with Crippen LogP contribution in [-0.4, -0.2) is 66.0 Å². The molecule has 2 saturated heterocycles. The number of likely N-dealkylation sites (N-methyl/N-ethyl adjacent to an activating group) is 1. The smallest absolute Gasteiger partial charge is 0.245 e. The summed E-state index contributed by atoms with van der Waals surface area (Å²) >= 11 is 0. The van der Waals surface area contributed by atoms with Gasteiger partial charge in [-0.25, -0.2) is 0 Å². The van der Waals surface area contributed by atoms with E-state index in [4.69, 9.17) is 0 Å². The van der Waals surface area contributed by atoms with E-state index in [9.17, 15) is 9.59 Å². The summed E-state index contributed by atoms with van der Waals surface area (Å²) in [5, 5.41) is 11.1. The van der Waals surface area contributed by atoms with Crippen molar-refractivity contribution in [3.63, 3.8) is 0 Å². The molecule has 2 amide bonds. The third-order valence-electron chi connectivity index (χ3n) is 8.28. The SMILES string of the molecule is CN[C@@H](C)C(=O)NC(C(=O)N1CC[C@H]2NC[C@H](c3c[nH]c4ccccc34)[C@H]21)C1CCCCC1. The Morgan fingerprint density at radius 1 is 1.12 bits per heavy atom.